The zero-order valence-electron chi connectivity index (χ0n) is 17.8. The Morgan fingerprint density at radius 1 is 1.06 bits per heavy atom. The van der Waals surface area contributed by atoms with Gasteiger partial charge >= 0.3 is 0 Å². The predicted molar refractivity (Wildman–Crippen MR) is 117 cm³/mol. The molecule has 0 aliphatic carbocycles. The van der Waals surface area contributed by atoms with Crippen LogP contribution in [0, 0.1) is 11.6 Å². The van der Waals surface area contributed by atoms with Gasteiger partial charge in [0, 0.05) is 31.5 Å². The van der Waals surface area contributed by atoms with Crippen molar-refractivity contribution in [1.29, 1.82) is 0 Å². The van der Waals surface area contributed by atoms with Crippen molar-refractivity contribution in [3.05, 3.63) is 95.1 Å². The average Bonchev–Trinajstić information content (AvgIpc) is 2.78. The summed E-state index contributed by atoms with van der Waals surface area (Å²) in [5.74, 6) is -1.97. The highest BCUT2D eigenvalue weighted by Crippen LogP contribution is 2.13. The maximum atomic E-state index is 13.6. The summed E-state index contributed by atoms with van der Waals surface area (Å²) in [5.41, 5.74) is 2.69. The Morgan fingerprint density at radius 3 is 2.50 bits per heavy atom. The first-order valence-electron chi connectivity index (χ1n) is 10.4. The van der Waals surface area contributed by atoms with E-state index in [9.17, 15) is 18.7 Å². The van der Waals surface area contributed by atoms with Crippen molar-refractivity contribution in [2.45, 2.75) is 38.5 Å². The molecule has 0 bridgehead atoms. The Morgan fingerprint density at radius 2 is 1.81 bits per heavy atom. The molecule has 2 unspecified atom stereocenters. The first-order valence-corrected chi connectivity index (χ1v) is 10.4. The lowest BCUT2D eigenvalue weighted by molar-refractivity contribution is 0.0825. The lowest BCUT2D eigenvalue weighted by Gasteiger charge is -2.25. The number of benzene rings is 2. The molecular formula is C24H26F2N4O2. The maximum absolute atomic E-state index is 13.6. The van der Waals surface area contributed by atoms with Crippen LogP contribution in [-0.4, -0.2) is 39.7 Å². The number of nitrogens with zero attached hydrogens (tertiary/aromatic N) is 2. The van der Waals surface area contributed by atoms with Gasteiger partial charge in [0.25, 0.3) is 5.91 Å². The zero-order valence-corrected chi connectivity index (χ0v) is 17.8. The minimum atomic E-state index is -1.02. The molecule has 1 aromatic heterocycles. The van der Waals surface area contributed by atoms with Gasteiger partial charge in [0.05, 0.1) is 18.3 Å². The molecule has 0 aliphatic heterocycles. The van der Waals surface area contributed by atoms with Crippen LogP contribution in [0.2, 0.25) is 0 Å². The van der Waals surface area contributed by atoms with E-state index < -0.39 is 29.7 Å². The van der Waals surface area contributed by atoms with Crippen molar-refractivity contribution in [1.82, 2.24) is 20.6 Å². The Hall–Kier alpha value is -3.23. The van der Waals surface area contributed by atoms with Crippen LogP contribution in [0.3, 0.4) is 0 Å². The van der Waals surface area contributed by atoms with Crippen LogP contribution in [0.1, 0.15) is 34.1 Å². The van der Waals surface area contributed by atoms with Gasteiger partial charge in [-0.2, -0.15) is 0 Å². The number of aromatic nitrogens is 2. The molecule has 0 radical (unpaired) electrons. The number of carbonyl (C=O) groups is 1. The minimum Gasteiger partial charge on any atom is -0.390 e. The Bertz CT molecular complexity index is 1010. The van der Waals surface area contributed by atoms with E-state index >= 15 is 0 Å². The van der Waals surface area contributed by atoms with E-state index in [1.165, 1.54) is 36.3 Å². The monoisotopic (exact) mass is 440 g/mol. The lowest BCUT2D eigenvalue weighted by atomic mass is 10.00. The number of aryl methyl sites for hydroxylation is 1. The standard InChI is InChI=1S/C24H26F2N4O2/c1-2-16-4-3-5-17(8-16)13-28-15-23(31)21(11-18-9-19(25)12-20(26)10-18)30-24(32)22-14-27-6-7-29-22/h3-10,12,14,21,23,28,31H,2,11,13,15H2,1H3,(H,30,32). The molecule has 3 N–H and O–H groups in total. The van der Waals surface area contributed by atoms with Crippen molar-refractivity contribution in [3.8, 4) is 0 Å². The number of carbonyl (C=O) groups excluding carboxylic acids is 1. The molecule has 3 aromatic rings. The fraction of sp³-hybridized carbons (Fsp3) is 0.292. The average molecular weight is 440 g/mol. The summed E-state index contributed by atoms with van der Waals surface area (Å²) in [6.07, 6.45) is 4.08. The summed E-state index contributed by atoms with van der Waals surface area (Å²) in [5, 5.41) is 16.7. The van der Waals surface area contributed by atoms with Gasteiger partial charge in [-0.25, -0.2) is 13.8 Å². The van der Waals surface area contributed by atoms with E-state index in [1.54, 1.807) is 0 Å². The first-order chi connectivity index (χ1) is 15.4. The van der Waals surface area contributed by atoms with Crippen molar-refractivity contribution >= 4 is 5.91 Å². The number of nitrogens with one attached hydrogen (secondary N) is 2. The van der Waals surface area contributed by atoms with Crippen LogP contribution in [-0.2, 0) is 19.4 Å². The topological polar surface area (TPSA) is 87.1 Å². The largest absolute Gasteiger partial charge is 0.390 e. The molecule has 1 amide bonds. The van der Waals surface area contributed by atoms with Gasteiger partial charge in [-0.05, 0) is 41.7 Å². The van der Waals surface area contributed by atoms with Crippen LogP contribution in [0.15, 0.2) is 61.1 Å². The van der Waals surface area contributed by atoms with Gasteiger partial charge in [0.2, 0.25) is 0 Å². The lowest BCUT2D eigenvalue weighted by Crippen LogP contribution is -2.48. The third kappa shape index (κ3) is 6.90. The van der Waals surface area contributed by atoms with E-state index in [-0.39, 0.29) is 18.7 Å². The summed E-state index contributed by atoms with van der Waals surface area (Å²) in [4.78, 5) is 20.4. The highest BCUT2D eigenvalue weighted by molar-refractivity contribution is 5.92. The fourth-order valence-electron chi connectivity index (χ4n) is 3.39. The van der Waals surface area contributed by atoms with Crippen LogP contribution < -0.4 is 10.6 Å². The second-order valence-electron chi connectivity index (χ2n) is 7.52. The van der Waals surface area contributed by atoms with Crippen LogP contribution in [0.4, 0.5) is 8.78 Å². The molecule has 2 aromatic carbocycles. The van der Waals surface area contributed by atoms with Gasteiger partial charge in [0.1, 0.15) is 17.3 Å². The molecular weight excluding hydrogens is 414 g/mol. The molecule has 0 aliphatic rings. The van der Waals surface area contributed by atoms with Gasteiger partial charge < -0.3 is 15.7 Å². The van der Waals surface area contributed by atoms with Crippen LogP contribution in [0.25, 0.3) is 0 Å². The smallest absolute Gasteiger partial charge is 0.271 e. The SMILES string of the molecule is CCc1cccc(CNCC(O)C(Cc2cc(F)cc(F)c2)NC(=O)c2cnccn2)c1. The van der Waals surface area contributed by atoms with Gasteiger partial charge in [-0.15, -0.1) is 0 Å². The zero-order chi connectivity index (χ0) is 22.9. The Labute approximate surface area is 185 Å². The fourth-order valence-corrected chi connectivity index (χ4v) is 3.39. The van der Waals surface area contributed by atoms with E-state index in [2.05, 4.69) is 39.7 Å². The molecule has 0 saturated carbocycles. The molecule has 8 heteroatoms. The predicted octanol–water partition coefficient (Wildman–Crippen LogP) is 2.81. The molecule has 0 spiro atoms. The van der Waals surface area contributed by atoms with E-state index in [1.807, 2.05) is 12.1 Å². The van der Waals surface area contributed by atoms with Crippen LogP contribution >= 0.6 is 0 Å². The summed E-state index contributed by atoms with van der Waals surface area (Å²) >= 11 is 0. The maximum Gasteiger partial charge on any atom is 0.271 e. The minimum absolute atomic E-state index is 0.0366. The van der Waals surface area contributed by atoms with Crippen molar-refractivity contribution < 1.29 is 18.7 Å². The summed E-state index contributed by atoms with van der Waals surface area (Å²) in [6.45, 7) is 2.78. The van der Waals surface area contributed by atoms with Gasteiger partial charge in [-0.1, -0.05) is 31.2 Å². The third-order valence-electron chi connectivity index (χ3n) is 5.04. The van der Waals surface area contributed by atoms with Crippen molar-refractivity contribution in [2.75, 3.05) is 6.54 Å². The number of halogens is 2. The van der Waals surface area contributed by atoms with E-state index in [0.29, 0.717) is 12.1 Å². The normalized spacial score (nSPS) is 12.9. The summed E-state index contributed by atoms with van der Waals surface area (Å²) in [6, 6.07) is 10.4. The number of hydrogen-bond donors (Lipinski definition) is 3. The first kappa shape index (κ1) is 23.4. The van der Waals surface area contributed by atoms with Crippen molar-refractivity contribution in [2.24, 2.45) is 0 Å². The summed E-state index contributed by atoms with van der Waals surface area (Å²) < 4.78 is 27.3. The summed E-state index contributed by atoms with van der Waals surface area (Å²) in [7, 11) is 0. The van der Waals surface area contributed by atoms with Gasteiger partial charge in [0.15, 0.2) is 0 Å². The highest BCUT2D eigenvalue weighted by Gasteiger charge is 2.23. The quantitative estimate of drug-likeness (QED) is 0.451. The second-order valence-corrected chi connectivity index (χ2v) is 7.52. The molecule has 3 rings (SSSR count). The molecule has 0 saturated heterocycles. The third-order valence-corrected chi connectivity index (χ3v) is 5.04. The van der Waals surface area contributed by atoms with Crippen molar-refractivity contribution in [3.63, 3.8) is 0 Å². The number of rotatable bonds is 10. The second kappa shape index (κ2) is 11.4. The number of amides is 1. The number of aliphatic hydroxyl groups is 1. The Balaban J connectivity index is 1.68. The van der Waals surface area contributed by atoms with Gasteiger partial charge in [-0.3, -0.25) is 9.78 Å². The molecule has 2 atom stereocenters. The molecule has 0 fully saturated rings. The van der Waals surface area contributed by atoms with E-state index in [4.69, 9.17) is 0 Å². The van der Waals surface area contributed by atoms with E-state index in [0.717, 1.165) is 18.1 Å². The van der Waals surface area contributed by atoms with Crippen LogP contribution in [0.5, 0.6) is 0 Å². The highest BCUT2D eigenvalue weighted by atomic mass is 19.1. The molecule has 168 valence electrons. The number of aliphatic hydroxyl groups excluding tert-OH is 1. The molecule has 1 heterocycles. The molecule has 32 heavy (non-hydrogen) atoms. The Kier molecular flexibility index (Phi) is 8.35. The number of hydrogen-bond acceptors (Lipinski definition) is 5. The molecule has 6 nitrogen and oxygen atoms in total.